The molecule has 0 radical (unpaired) electrons. The van der Waals surface area contributed by atoms with Crippen LogP contribution in [0, 0.1) is 23.4 Å². The molecule has 0 spiro atoms. The lowest BCUT2D eigenvalue weighted by Gasteiger charge is -2.10. The molecule has 0 bridgehead atoms. The van der Waals surface area contributed by atoms with E-state index in [1.165, 1.54) is 30.3 Å². The van der Waals surface area contributed by atoms with Crippen molar-refractivity contribution in [3.8, 4) is 0 Å². The van der Waals surface area contributed by atoms with Crippen molar-refractivity contribution in [1.29, 1.82) is 0 Å². The van der Waals surface area contributed by atoms with Crippen LogP contribution in [0.15, 0.2) is 48.5 Å². The summed E-state index contributed by atoms with van der Waals surface area (Å²) in [7, 11) is 0. The van der Waals surface area contributed by atoms with E-state index in [-0.39, 0.29) is 38.3 Å². The van der Waals surface area contributed by atoms with Gasteiger partial charge in [-0.25, -0.2) is 13.2 Å². The maximum absolute atomic E-state index is 14.0. The van der Waals surface area contributed by atoms with Crippen LogP contribution in [0.25, 0.3) is 0 Å². The van der Waals surface area contributed by atoms with E-state index in [9.17, 15) is 22.8 Å². The molecule has 1 aliphatic rings. The van der Waals surface area contributed by atoms with Crippen LogP contribution in [0.1, 0.15) is 27.4 Å². The Labute approximate surface area is 223 Å². The maximum Gasteiger partial charge on any atom is 0.231 e. The molecule has 3 aromatic carbocycles. The van der Waals surface area contributed by atoms with Crippen LogP contribution in [-0.2, 0) is 11.2 Å². The van der Waals surface area contributed by atoms with Crippen molar-refractivity contribution in [2.75, 3.05) is 5.32 Å². The fraction of sp³-hybridized carbons (Fsp3) is 0.167. The predicted octanol–water partition coefficient (Wildman–Crippen LogP) is 8.02. The van der Waals surface area contributed by atoms with E-state index in [2.05, 4.69) is 5.32 Å². The average molecular weight is 582 g/mol. The van der Waals surface area contributed by atoms with E-state index >= 15 is 0 Å². The normalized spacial score (nSPS) is 18.3. The standard InChI is InChI=1S/C24H13Cl5F3NO2/c25-15-4-3-13(9-14(15)19(34)7-10-1-2-12(30)8-17(10)31)33-23(35)21-20(24(21,28)29)11-5-16(26)22(27)18(32)6-11/h1-6,8-9,20-21H,7H2,(H,33,35). The van der Waals surface area contributed by atoms with Crippen LogP contribution < -0.4 is 5.32 Å². The highest BCUT2D eigenvalue weighted by Crippen LogP contribution is 2.65. The summed E-state index contributed by atoms with van der Waals surface area (Å²) in [5, 5.41) is 2.38. The fourth-order valence-electron chi connectivity index (χ4n) is 3.79. The SMILES string of the molecule is O=C(Cc1ccc(F)cc1F)c1cc(NC(=O)C2C(c3cc(F)c(Cl)c(Cl)c3)C2(Cl)Cl)ccc1Cl. The summed E-state index contributed by atoms with van der Waals surface area (Å²) in [6, 6.07) is 9.55. The molecule has 1 amide bonds. The van der Waals surface area contributed by atoms with Crippen molar-refractivity contribution in [3.05, 3.63) is 97.7 Å². The number of hydrogen-bond donors (Lipinski definition) is 1. The van der Waals surface area contributed by atoms with E-state index in [4.69, 9.17) is 58.0 Å². The number of halogens is 8. The monoisotopic (exact) mass is 579 g/mol. The highest BCUT2D eigenvalue weighted by molar-refractivity contribution is 6.53. The summed E-state index contributed by atoms with van der Waals surface area (Å²) in [5.41, 5.74) is 0.522. The number of carbonyl (C=O) groups excluding carboxylic acids is 2. The van der Waals surface area contributed by atoms with Gasteiger partial charge in [0.25, 0.3) is 0 Å². The summed E-state index contributed by atoms with van der Waals surface area (Å²) < 4.78 is 39.6. The zero-order valence-electron chi connectivity index (χ0n) is 17.3. The molecule has 0 heterocycles. The van der Waals surface area contributed by atoms with Crippen LogP contribution in [0.4, 0.5) is 18.9 Å². The smallest absolute Gasteiger partial charge is 0.231 e. The molecule has 1 fully saturated rings. The second kappa shape index (κ2) is 9.83. The van der Waals surface area contributed by atoms with Gasteiger partial charge in [-0.3, -0.25) is 9.59 Å². The molecule has 3 aromatic rings. The quantitative estimate of drug-likeness (QED) is 0.182. The highest BCUT2D eigenvalue weighted by Gasteiger charge is 2.67. The first-order valence-corrected chi connectivity index (χ1v) is 11.9. The largest absolute Gasteiger partial charge is 0.326 e. The van der Waals surface area contributed by atoms with E-state index in [1.807, 2.05) is 0 Å². The van der Waals surface area contributed by atoms with Gasteiger partial charge in [-0.1, -0.05) is 40.9 Å². The number of anilines is 1. The lowest BCUT2D eigenvalue weighted by atomic mass is 10.0. The average Bonchev–Trinajstić information content (AvgIpc) is 3.37. The summed E-state index contributed by atoms with van der Waals surface area (Å²) in [6.45, 7) is 0. The summed E-state index contributed by atoms with van der Waals surface area (Å²) >= 11 is 30.4. The van der Waals surface area contributed by atoms with Crippen molar-refractivity contribution in [2.45, 2.75) is 16.7 Å². The second-order valence-corrected chi connectivity index (χ2v) is 10.6. The predicted molar refractivity (Wildman–Crippen MR) is 132 cm³/mol. The van der Waals surface area contributed by atoms with Gasteiger partial charge in [0.15, 0.2) is 5.78 Å². The fourth-order valence-corrected chi connectivity index (χ4v) is 5.17. The molecule has 1 N–H and O–H groups in total. The number of rotatable bonds is 6. The lowest BCUT2D eigenvalue weighted by Crippen LogP contribution is -2.17. The van der Waals surface area contributed by atoms with Crippen molar-refractivity contribution in [2.24, 2.45) is 5.92 Å². The Bertz CT molecular complexity index is 1340. The molecule has 182 valence electrons. The first-order chi connectivity index (χ1) is 16.4. The number of benzene rings is 3. The first-order valence-electron chi connectivity index (χ1n) is 10.00. The zero-order chi connectivity index (χ0) is 25.7. The molecule has 0 aliphatic heterocycles. The number of carbonyl (C=O) groups is 2. The van der Waals surface area contributed by atoms with Gasteiger partial charge in [0.1, 0.15) is 21.8 Å². The number of hydrogen-bond acceptors (Lipinski definition) is 2. The minimum atomic E-state index is -1.53. The summed E-state index contributed by atoms with van der Waals surface area (Å²) in [5.74, 6) is -5.25. The number of ketones is 1. The highest BCUT2D eigenvalue weighted by atomic mass is 35.5. The summed E-state index contributed by atoms with van der Waals surface area (Å²) in [6.07, 6.45) is -0.372. The van der Waals surface area contributed by atoms with Gasteiger partial charge in [-0.05, 0) is 47.5 Å². The van der Waals surface area contributed by atoms with E-state index in [1.54, 1.807) is 0 Å². The van der Waals surface area contributed by atoms with Gasteiger partial charge >= 0.3 is 0 Å². The third kappa shape index (κ3) is 5.27. The van der Waals surface area contributed by atoms with Crippen molar-refractivity contribution in [3.63, 3.8) is 0 Å². The molecule has 0 aromatic heterocycles. The van der Waals surface area contributed by atoms with Gasteiger partial charge in [-0.2, -0.15) is 0 Å². The number of amides is 1. The number of alkyl halides is 2. The molecule has 1 saturated carbocycles. The maximum atomic E-state index is 14.0. The Morgan fingerprint density at radius 1 is 0.886 bits per heavy atom. The molecule has 2 unspecified atom stereocenters. The van der Waals surface area contributed by atoms with E-state index < -0.39 is 45.3 Å². The van der Waals surface area contributed by atoms with Crippen LogP contribution in [-0.4, -0.2) is 16.0 Å². The Morgan fingerprint density at radius 2 is 1.60 bits per heavy atom. The third-order valence-electron chi connectivity index (χ3n) is 5.60. The van der Waals surface area contributed by atoms with Crippen molar-refractivity contribution < 1.29 is 22.8 Å². The topological polar surface area (TPSA) is 46.2 Å². The van der Waals surface area contributed by atoms with Crippen LogP contribution in [0.5, 0.6) is 0 Å². The molecule has 0 saturated heterocycles. The van der Waals surface area contributed by atoms with Gasteiger partial charge in [-0.15, -0.1) is 23.2 Å². The molecular formula is C24H13Cl5F3NO2. The Balaban J connectivity index is 1.52. The molecule has 2 atom stereocenters. The van der Waals surface area contributed by atoms with Crippen LogP contribution in [0.3, 0.4) is 0 Å². The van der Waals surface area contributed by atoms with Crippen LogP contribution >= 0.6 is 58.0 Å². The lowest BCUT2D eigenvalue weighted by molar-refractivity contribution is -0.117. The van der Waals surface area contributed by atoms with Crippen LogP contribution in [0.2, 0.25) is 15.1 Å². The van der Waals surface area contributed by atoms with Gasteiger partial charge in [0.05, 0.1) is 21.0 Å². The number of nitrogens with one attached hydrogen (secondary N) is 1. The third-order valence-corrected chi connectivity index (χ3v) is 7.65. The molecule has 4 rings (SSSR count). The van der Waals surface area contributed by atoms with Gasteiger partial charge < -0.3 is 5.32 Å². The number of Topliss-reactive ketones (excluding diaryl/α,β-unsaturated/α-hetero) is 1. The van der Waals surface area contributed by atoms with Crippen molar-refractivity contribution in [1.82, 2.24) is 0 Å². The molecule has 35 heavy (non-hydrogen) atoms. The van der Waals surface area contributed by atoms with Crippen molar-refractivity contribution >= 4 is 75.4 Å². The zero-order valence-corrected chi connectivity index (χ0v) is 21.1. The Kier molecular flexibility index (Phi) is 7.33. The molecular weight excluding hydrogens is 569 g/mol. The minimum absolute atomic E-state index is 0.00866. The first kappa shape index (κ1) is 26.1. The Hall–Kier alpha value is -1.96. The van der Waals surface area contributed by atoms with Gasteiger partial charge in [0, 0.05) is 29.7 Å². The van der Waals surface area contributed by atoms with E-state index in [0.29, 0.717) is 11.6 Å². The molecule has 3 nitrogen and oxygen atoms in total. The molecule has 1 aliphatic carbocycles. The summed E-state index contributed by atoms with van der Waals surface area (Å²) in [4.78, 5) is 25.6. The second-order valence-electron chi connectivity index (χ2n) is 7.95. The molecule has 11 heteroatoms. The van der Waals surface area contributed by atoms with Gasteiger partial charge in [0.2, 0.25) is 5.91 Å². The Morgan fingerprint density at radius 3 is 2.26 bits per heavy atom. The minimum Gasteiger partial charge on any atom is -0.326 e. The van der Waals surface area contributed by atoms with E-state index in [0.717, 1.165) is 12.1 Å².